The number of aromatic nitrogens is 3. The molecule has 5 aliphatic heterocycles. The molecule has 0 saturated carbocycles. The first-order valence-corrected chi connectivity index (χ1v) is 16.5. The molecule has 2 aromatic heterocycles. The van der Waals surface area contributed by atoms with Gasteiger partial charge in [0, 0.05) is 43.2 Å². The first kappa shape index (κ1) is 31.6. The quantitative estimate of drug-likeness (QED) is 0.310. The number of allylic oxidation sites excluding steroid dienone is 1. The van der Waals surface area contributed by atoms with Crippen molar-refractivity contribution in [3.63, 3.8) is 0 Å². The number of aryl methyl sites for hydroxylation is 1. The third-order valence-electron chi connectivity index (χ3n) is 11.1. The summed E-state index contributed by atoms with van der Waals surface area (Å²) in [4.78, 5) is 17.3. The molecule has 3 aromatic rings. The Morgan fingerprint density at radius 3 is 2.65 bits per heavy atom. The fourth-order valence-corrected chi connectivity index (χ4v) is 9.06. The number of hydrogen-bond acceptors (Lipinski definition) is 8. The standard InChI is InChI=1S/C34H37F6N7O/c1-15(2)19-10-21-20-6-5-18(42-20)13-47(21)31-24-23(19)27(36)25(29-26(34(38,39)40)16(3)9-22(41)43-29)28(37)30(24)44-32(45-31)48-14-33-7-4-8-46(33)12-17(35)11-33/h9,17-18,20-21,42H,4-8,10-14H2,1-3H3,(H2,41,43)/t17-,18-,20+,21-,33?/m1/s1. The summed E-state index contributed by atoms with van der Waals surface area (Å²) in [5.41, 5.74) is 2.73. The van der Waals surface area contributed by atoms with E-state index >= 15 is 8.78 Å². The van der Waals surface area contributed by atoms with Crippen molar-refractivity contribution in [2.45, 2.75) is 95.3 Å². The molecular weight excluding hydrogens is 636 g/mol. The molecule has 3 N–H and O–H groups in total. The van der Waals surface area contributed by atoms with Crippen molar-refractivity contribution in [2.24, 2.45) is 0 Å². The smallest absolute Gasteiger partial charge is 0.418 e. The number of rotatable bonds is 4. The first-order chi connectivity index (χ1) is 22.8. The lowest BCUT2D eigenvalue weighted by atomic mass is 9.88. The molecule has 5 atom stereocenters. The number of nitrogens with two attached hydrogens (primary N) is 1. The van der Waals surface area contributed by atoms with Crippen LogP contribution < -0.4 is 20.7 Å². The molecule has 14 heteroatoms. The number of nitrogen functional groups attached to an aromatic ring is 1. The largest absolute Gasteiger partial charge is 0.461 e. The maximum absolute atomic E-state index is 17.2. The number of alkyl halides is 4. The van der Waals surface area contributed by atoms with Crippen LogP contribution in [-0.2, 0) is 6.18 Å². The predicted molar refractivity (Wildman–Crippen MR) is 169 cm³/mol. The average molecular weight is 674 g/mol. The van der Waals surface area contributed by atoms with Crippen molar-refractivity contribution in [1.29, 1.82) is 0 Å². The molecule has 8 nitrogen and oxygen atoms in total. The number of ether oxygens (including phenoxy) is 1. The molecule has 4 saturated heterocycles. The SMILES string of the molecule is CC(C)=C1C[C@@H]2[C@@H]3CC[C@H](CN2c2nc(OCC45CCCN4C[C@H](F)C5)nc4c(F)c(-c5nc(N)cc(C)c5C(F)(F)F)c(F)c1c24)N3. The van der Waals surface area contributed by atoms with E-state index in [2.05, 4.69) is 25.1 Å². The number of pyridine rings is 1. The van der Waals surface area contributed by atoms with Gasteiger partial charge in [0.1, 0.15) is 35.7 Å². The molecule has 8 rings (SSSR count). The Kier molecular flexibility index (Phi) is 7.20. The summed E-state index contributed by atoms with van der Waals surface area (Å²) < 4.78 is 98.6. The average Bonchev–Trinajstić information content (AvgIpc) is 3.63. The van der Waals surface area contributed by atoms with Crippen LogP contribution in [0.2, 0.25) is 0 Å². The van der Waals surface area contributed by atoms with Crippen molar-refractivity contribution in [1.82, 2.24) is 25.2 Å². The zero-order valence-corrected chi connectivity index (χ0v) is 26.9. The molecule has 0 spiro atoms. The van der Waals surface area contributed by atoms with Crippen LogP contribution >= 0.6 is 0 Å². The summed E-state index contributed by atoms with van der Waals surface area (Å²) in [6.07, 6.45) is -1.95. The Hall–Kier alpha value is -3.65. The van der Waals surface area contributed by atoms with E-state index in [4.69, 9.17) is 15.5 Å². The highest BCUT2D eigenvalue weighted by Gasteiger charge is 2.50. The fraction of sp³-hybridized carbons (Fsp3) is 0.559. The number of benzene rings is 1. The van der Waals surface area contributed by atoms with Crippen LogP contribution in [0.25, 0.3) is 27.7 Å². The van der Waals surface area contributed by atoms with E-state index in [0.29, 0.717) is 25.1 Å². The molecule has 0 amide bonds. The van der Waals surface area contributed by atoms with Gasteiger partial charge < -0.3 is 20.7 Å². The molecule has 7 heterocycles. The molecule has 4 fully saturated rings. The van der Waals surface area contributed by atoms with Crippen LogP contribution in [-0.4, -0.2) is 75.9 Å². The summed E-state index contributed by atoms with van der Waals surface area (Å²) in [5.74, 6) is -2.51. The Bertz CT molecular complexity index is 1880. The normalized spacial score (nSPS) is 28.2. The van der Waals surface area contributed by atoms with Crippen molar-refractivity contribution >= 4 is 28.1 Å². The Morgan fingerprint density at radius 2 is 1.90 bits per heavy atom. The summed E-state index contributed by atoms with van der Waals surface area (Å²) in [6.45, 7) is 6.41. The van der Waals surface area contributed by atoms with Crippen molar-refractivity contribution in [2.75, 3.05) is 36.9 Å². The van der Waals surface area contributed by atoms with Crippen molar-refractivity contribution < 1.29 is 31.1 Å². The van der Waals surface area contributed by atoms with Crippen LogP contribution in [0.4, 0.5) is 38.0 Å². The Labute approximate surface area is 273 Å². The number of nitrogens with zero attached hydrogens (tertiary/aromatic N) is 5. The molecule has 48 heavy (non-hydrogen) atoms. The van der Waals surface area contributed by atoms with Gasteiger partial charge in [-0.2, -0.15) is 23.1 Å². The maximum Gasteiger partial charge on any atom is 0.418 e. The summed E-state index contributed by atoms with van der Waals surface area (Å²) >= 11 is 0. The van der Waals surface area contributed by atoms with Gasteiger partial charge in [0.05, 0.1) is 27.7 Å². The topological polar surface area (TPSA) is 92.4 Å². The molecule has 2 bridgehead atoms. The zero-order chi connectivity index (χ0) is 33.9. The Balaban J connectivity index is 1.40. The van der Waals surface area contributed by atoms with E-state index in [1.54, 1.807) is 0 Å². The lowest BCUT2D eigenvalue weighted by Gasteiger charge is -2.41. The first-order valence-electron chi connectivity index (χ1n) is 16.5. The minimum absolute atomic E-state index is 0.0372. The number of piperazine rings is 1. The Morgan fingerprint density at radius 1 is 1.10 bits per heavy atom. The van der Waals surface area contributed by atoms with Gasteiger partial charge in [0.2, 0.25) is 0 Å². The minimum atomic E-state index is -4.99. The van der Waals surface area contributed by atoms with E-state index in [1.807, 2.05) is 13.8 Å². The summed E-state index contributed by atoms with van der Waals surface area (Å²) in [6, 6.07) is 0.813. The second-order valence-electron chi connectivity index (χ2n) is 14.3. The lowest BCUT2D eigenvalue weighted by Crippen LogP contribution is -2.58. The van der Waals surface area contributed by atoms with Gasteiger partial charge in [0.15, 0.2) is 5.82 Å². The van der Waals surface area contributed by atoms with Crippen molar-refractivity contribution in [3.05, 3.63) is 40.0 Å². The number of nitrogens with one attached hydrogen (secondary N) is 1. The van der Waals surface area contributed by atoms with Gasteiger partial charge in [-0.05, 0) is 76.6 Å². The maximum atomic E-state index is 17.2. The molecule has 0 aliphatic carbocycles. The fourth-order valence-electron chi connectivity index (χ4n) is 9.06. The van der Waals surface area contributed by atoms with Crippen LogP contribution in [0.5, 0.6) is 6.01 Å². The molecule has 1 aromatic carbocycles. The lowest BCUT2D eigenvalue weighted by molar-refractivity contribution is -0.137. The van der Waals surface area contributed by atoms with Gasteiger partial charge in [-0.15, -0.1) is 0 Å². The predicted octanol–water partition coefficient (Wildman–Crippen LogP) is 6.34. The molecule has 0 radical (unpaired) electrons. The minimum Gasteiger partial charge on any atom is -0.461 e. The number of fused-ring (bicyclic) bond motifs is 6. The van der Waals surface area contributed by atoms with E-state index in [0.717, 1.165) is 43.9 Å². The van der Waals surface area contributed by atoms with Gasteiger partial charge in [-0.3, -0.25) is 4.90 Å². The van der Waals surface area contributed by atoms with E-state index < -0.39 is 46.3 Å². The van der Waals surface area contributed by atoms with Crippen LogP contribution in [0.1, 0.15) is 69.1 Å². The van der Waals surface area contributed by atoms with E-state index in [9.17, 15) is 17.6 Å². The van der Waals surface area contributed by atoms with E-state index in [1.165, 1.54) is 6.92 Å². The van der Waals surface area contributed by atoms with Gasteiger partial charge in [-0.25, -0.2) is 18.2 Å². The third kappa shape index (κ3) is 4.76. The highest BCUT2D eigenvalue weighted by Crippen LogP contribution is 2.50. The van der Waals surface area contributed by atoms with Gasteiger partial charge >= 0.3 is 12.2 Å². The number of hydrogen-bond donors (Lipinski definition) is 2. The van der Waals surface area contributed by atoms with Crippen LogP contribution in [0, 0.1) is 18.6 Å². The van der Waals surface area contributed by atoms with Crippen LogP contribution in [0.15, 0.2) is 11.6 Å². The second-order valence-corrected chi connectivity index (χ2v) is 14.3. The second kappa shape index (κ2) is 10.9. The van der Waals surface area contributed by atoms with Crippen LogP contribution in [0.3, 0.4) is 0 Å². The van der Waals surface area contributed by atoms with E-state index in [-0.39, 0.29) is 70.8 Å². The van der Waals surface area contributed by atoms with Gasteiger partial charge in [-0.1, -0.05) is 5.57 Å². The molecule has 256 valence electrons. The summed E-state index contributed by atoms with van der Waals surface area (Å²) in [5, 5.41) is 3.73. The third-order valence-corrected chi connectivity index (χ3v) is 11.1. The molecular formula is C34H37F6N7O. The number of halogens is 6. The highest BCUT2D eigenvalue weighted by molar-refractivity contribution is 6.04. The van der Waals surface area contributed by atoms with Gasteiger partial charge in [0.25, 0.3) is 0 Å². The number of anilines is 2. The zero-order valence-electron chi connectivity index (χ0n) is 26.9. The molecule has 1 unspecified atom stereocenters. The highest BCUT2D eigenvalue weighted by atomic mass is 19.4. The van der Waals surface area contributed by atoms with Crippen molar-refractivity contribution in [3.8, 4) is 17.3 Å². The summed E-state index contributed by atoms with van der Waals surface area (Å²) in [7, 11) is 0. The monoisotopic (exact) mass is 673 g/mol. The molecule has 5 aliphatic rings.